The molecule has 1 unspecified atom stereocenters. The fraction of sp³-hybridized carbons (Fsp3) is 0.550. The molecule has 2 rings (SSSR count). The van der Waals surface area contributed by atoms with Crippen molar-refractivity contribution < 1.29 is 19.5 Å². The van der Waals surface area contributed by atoms with E-state index in [1.807, 2.05) is 32.0 Å². The van der Waals surface area contributed by atoms with Gasteiger partial charge in [0.2, 0.25) is 5.91 Å². The first kappa shape index (κ1) is 19.9. The minimum absolute atomic E-state index is 0.0640. The number of carbonyl (C=O) groups is 3. The van der Waals surface area contributed by atoms with Gasteiger partial charge in [-0.25, -0.2) is 0 Å². The summed E-state index contributed by atoms with van der Waals surface area (Å²) in [4.78, 5) is 38.3. The van der Waals surface area contributed by atoms with Gasteiger partial charge in [-0.3, -0.25) is 14.4 Å². The average Bonchev–Trinajstić information content (AvgIpc) is 2.67. The summed E-state index contributed by atoms with van der Waals surface area (Å²) in [5.74, 6) is -1.44. The molecule has 2 amide bonds. The van der Waals surface area contributed by atoms with E-state index in [-0.39, 0.29) is 24.2 Å². The van der Waals surface area contributed by atoms with Crippen LogP contribution in [0.1, 0.15) is 56.3 Å². The van der Waals surface area contributed by atoms with Crippen molar-refractivity contribution in [3.8, 4) is 0 Å². The molecule has 1 aromatic rings. The summed E-state index contributed by atoms with van der Waals surface area (Å²) in [5, 5.41) is 12.1. The summed E-state index contributed by atoms with van der Waals surface area (Å²) in [6.07, 6.45) is 2.49. The number of carboxylic acids is 1. The predicted molar refractivity (Wildman–Crippen MR) is 98.8 cm³/mol. The minimum Gasteiger partial charge on any atom is -0.481 e. The van der Waals surface area contributed by atoms with Crippen LogP contribution < -0.4 is 5.32 Å². The van der Waals surface area contributed by atoms with Crippen molar-refractivity contribution in [1.29, 1.82) is 0 Å². The van der Waals surface area contributed by atoms with Crippen molar-refractivity contribution >= 4 is 17.8 Å². The van der Waals surface area contributed by atoms with E-state index in [1.165, 1.54) is 0 Å². The van der Waals surface area contributed by atoms with Crippen LogP contribution in [0, 0.1) is 5.92 Å². The van der Waals surface area contributed by atoms with Gasteiger partial charge in [-0.1, -0.05) is 32.0 Å². The Morgan fingerprint density at radius 3 is 2.42 bits per heavy atom. The monoisotopic (exact) mass is 360 g/mol. The molecule has 1 aliphatic heterocycles. The van der Waals surface area contributed by atoms with E-state index in [4.69, 9.17) is 0 Å². The lowest BCUT2D eigenvalue weighted by atomic mass is 9.87. The van der Waals surface area contributed by atoms with E-state index in [9.17, 15) is 19.5 Å². The highest BCUT2D eigenvalue weighted by molar-refractivity contribution is 5.94. The lowest BCUT2D eigenvalue weighted by Crippen LogP contribution is -2.53. The maximum absolute atomic E-state index is 12.8. The van der Waals surface area contributed by atoms with Crippen LogP contribution in [-0.2, 0) is 9.59 Å². The molecule has 0 spiro atoms. The molecule has 0 aliphatic carbocycles. The lowest BCUT2D eigenvalue weighted by molar-refractivity contribution is -0.139. The fourth-order valence-corrected chi connectivity index (χ4v) is 3.51. The molecule has 0 aromatic heterocycles. The molecular weight excluding hydrogens is 332 g/mol. The summed E-state index contributed by atoms with van der Waals surface area (Å²) >= 11 is 0. The first-order chi connectivity index (χ1) is 12.4. The van der Waals surface area contributed by atoms with Gasteiger partial charge in [0.05, 0.1) is 12.3 Å². The Balaban J connectivity index is 2.05. The molecule has 26 heavy (non-hydrogen) atoms. The maximum Gasteiger partial charge on any atom is 0.305 e. The SMILES string of the molecule is CCC(CC)(CC(=O)O)NC(=O)C1CCCN(C(=O)c2ccccc2)C1. The number of carbonyl (C=O) groups excluding carboxylic acids is 2. The van der Waals surface area contributed by atoms with Crippen molar-refractivity contribution in [2.24, 2.45) is 5.92 Å². The summed E-state index contributed by atoms with van der Waals surface area (Å²) < 4.78 is 0. The Morgan fingerprint density at radius 2 is 1.85 bits per heavy atom. The van der Waals surface area contributed by atoms with Crippen LogP contribution in [0.15, 0.2) is 30.3 Å². The van der Waals surface area contributed by atoms with Crippen molar-refractivity contribution in [2.75, 3.05) is 13.1 Å². The van der Waals surface area contributed by atoms with Gasteiger partial charge in [-0.05, 0) is 37.8 Å². The molecule has 1 atom stereocenters. The Kier molecular flexibility index (Phi) is 6.77. The third-order valence-electron chi connectivity index (χ3n) is 5.33. The Morgan fingerprint density at radius 1 is 1.19 bits per heavy atom. The molecule has 1 heterocycles. The molecule has 1 aromatic carbocycles. The zero-order valence-electron chi connectivity index (χ0n) is 15.5. The van der Waals surface area contributed by atoms with Gasteiger partial charge in [0.15, 0.2) is 0 Å². The van der Waals surface area contributed by atoms with E-state index >= 15 is 0 Å². The zero-order chi connectivity index (χ0) is 19.2. The molecule has 2 N–H and O–H groups in total. The molecule has 6 heteroatoms. The van der Waals surface area contributed by atoms with Crippen LogP contribution in [0.2, 0.25) is 0 Å². The second-order valence-electron chi connectivity index (χ2n) is 7.00. The maximum atomic E-state index is 12.8. The number of nitrogens with one attached hydrogen (secondary N) is 1. The molecule has 1 fully saturated rings. The van der Waals surface area contributed by atoms with E-state index in [0.717, 1.165) is 6.42 Å². The van der Waals surface area contributed by atoms with E-state index in [0.29, 0.717) is 37.9 Å². The summed E-state index contributed by atoms with van der Waals surface area (Å²) in [6.45, 7) is 4.78. The van der Waals surface area contributed by atoms with E-state index in [1.54, 1.807) is 17.0 Å². The van der Waals surface area contributed by atoms with Crippen LogP contribution in [0.4, 0.5) is 0 Å². The first-order valence-electron chi connectivity index (χ1n) is 9.29. The summed E-state index contributed by atoms with van der Waals surface area (Å²) in [7, 11) is 0. The molecule has 0 bridgehead atoms. The summed E-state index contributed by atoms with van der Waals surface area (Å²) in [6, 6.07) is 9.06. The number of piperidine rings is 1. The predicted octanol–water partition coefficient (Wildman–Crippen LogP) is 2.69. The number of carboxylic acid groups (broad SMARTS) is 1. The Labute approximate surface area is 154 Å². The Bertz CT molecular complexity index is 640. The molecule has 6 nitrogen and oxygen atoms in total. The van der Waals surface area contributed by atoms with Gasteiger partial charge in [0.25, 0.3) is 5.91 Å². The zero-order valence-corrected chi connectivity index (χ0v) is 15.5. The number of aliphatic carboxylic acids is 1. The number of amides is 2. The number of nitrogens with zero attached hydrogens (tertiary/aromatic N) is 1. The lowest BCUT2D eigenvalue weighted by Gasteiger charge is -2.36. The van der Waals surface area contributed by atoms with Gasteiger partial charge >= 0.3 is 5.97 Å². The average molecular weight is 360 g/mol. The molecule has 1 aliphatic rings. The topological polar surface area (TPSA) is 86.7 Å². The third kappa shape index (κ3) is 4.84. The highest BCUT2D eigenvalue weighted by atomic mass is 16.4. The van der Waals surface area contributed by atoms with Crippen molar-refractivity contribution in [2.45, 2.75) is 51.5 Å². The second-order valence-corrected chi connectivity index (χ2v) is 7.00. The quantitative estimate of drug-likeness (QED) is 0.783. The number of hydrogen-bond donors (Lipinski definition) is 2. The van der Waals surface area contributed by atoms with Gasteiger partial charge in [-0.2, -0.15) is 0 Å². The van der Waals surface area contributed by atoms with Gasteiger partial charge in [-0.15, -0.1) is 0 Å². The normalized spacial score (nSPS) is 17.6. The third-order valence-corrected chi connectivity index (χ3v) is 5.33. The molecule has 0 radical (unpaired) electrons. The van der Waals surface area contributed by atoms with Crippen LogP contribution in [0.3, 0.4) is 0 Å². The van der Waals surface area contributed by atoms with Gasteiger partial charge < -0.3 is 15.3 Å². The highest BCUT2D eigenvalue weighted by Gasteiger charge is 2.35. The van der Waals surface area contributed by atoms with Crippen LogP contribution in [0.5, 0.6) is 0 Å². The standard InChI is InChI=1S/C20H28N2O4/c1-3-20(4-2,13-17(23)24)21-18(25)16-11-8-12-22(14-16)19(26)15-9-6-5-7-10-15/h5-7,9-10,16H,3-4,8,11-14H2,1-2H3,(H,21,25)(H,23,24). The second kappa shape index (κ2) is 8.83. The van der Waals surface area contributed by atoms with Crippen molar-refractivity contribution in [1.82, 2.24) is 10.2 Å². The first-order valence-corrected chi connectivity index (χ1v) is 9.29. The number of likely N-dealkylation sites (tertiary alicyclic amines) is 1. The Hall–Kier alpha value is -2.37. The smallest absolute Gasteiger partial charge is 0.305 e. The molecule has 1 saturated heterocycles. The van der Waals surface area contributed by atoms with Crippen molar-refractivity contribution in [3.05, 3.63) is 35.9 Å². The molecular formula is C20H28N2O4. The van der Waals surface area contributed by atoms with Crippen molar-refractivity contribution in [3.63, 3.8) is 0 Å². The number of rotatable bonds is 7. The molecule has 142 valence electrons. The largest absolute Gasteiger partial charge is 0.481 e. The van der Waals surface area contributed by atoms with E-state index < -0.39 is 11.5 Å². The summed E-state index contributed by atoms with van der Waals surface area (Å²) in [5.41, 5.74) is -0.106. The number of hydrogen-bond acceptors (Lipinski definition) is 3. The van der Waals surface area contributed by atoms with Gasteiger partial charge in [0.1, 0.15) is 0 Å². The van der Waals surface area contributed by atoms with Crippen LogP contribution >= 0.6 is 0 Å². The van der Waals surface area contributed by atoms with E-state index in [2.05, 4.69) is 5.32 Å². The number of benzene rings is 1. The van der Waals surface area contributed by atoms with Gasteiger partial charge in [0, 0.05) is 24.2 Å². The fourth-order valence-electron chi connectivity index (χ4n) is 3.51. The van der Waals surface area contributed by atoms with Crippen LogP contribution in [-0.4, -0.2) is 46.4 Å². The minimum atomic E-state index is -0.918. The highest BCUT2D eigenvalue weighted by Crippen LogP contribution is 2.24. The molecule has 0 saturated carbocycles. The van der Waals surface area contributed by atoms with Crippen LogP contribution in [0.25, 0.3) is 0 Å².